The van der Waals surface area contributed by atoms with Crippen LogP contribution in [-0.4, -0.2) is 127 Å². The van der Waals surface area contributed by atoms with Gasteiger partial charge in [0.2, 0.25) is 11.6 Å². The molecule has 0 atom stereocenters. The first kappa shape index (κ1) is 46.3. The van der Waals surface area contributed by atoms with Crippen LogP contribution in [0.25, 0.3) is 67.5 Å². The van der Waals surface area contributed by atoms with Gasteiger partial charge in [0.15, 0.2) is 12.2 Å². The molecule has 1 aliphatic heterocycles. The summed E-state index contributed by atoms with van der Waals surface area (Å²) in [6, 6.07) is 22.4. The maximum absolute atomic E-state index is 14.5. The average molecular weight is 958 g/mol. The highest BCUT2D eigenvalue weighted by Gasteiger charge is 2.35. The van der Waals surface area contributed by atoms with Crippen molar-refractivity contribution >= 4 is 39.3 Å². The highest BCUT2D eigenvalue weighted by atomic mass is 16.3. The van der Waals surface area contributed by atoms with Gasteiger partial charge in [-0.3, -0.25) is 28.9 Å². The molecule has 20 heteroatoms. The molecule has 71 heavy (non-hydrogen) atoms. The molecule has 1 saturated heterocycles. The van der Waals surface area contributed by atoms with Crippen molar-refractivity contribution in [2.45, 2.75) is 60.3 Å². The van der Waals surface area contributed by atoms with Crippen LogP contribution in [0.5, 0.6) is 11.5 Å². The molecule has 6 N–H and O–H groups in total. The Hall–Kier alpha value is -8.39. The highest BCUT2D eigenvalue weighted by molar-refractivity contribution is 5.94. The van der Waals surface area contributed by atoms with E-state index < -0.39 is 11.8 Å². The highest BCUT2D eigenvalue weighted by Crippen LogP contribution is 2.38. The van der Waals surface area contributed by atoms with Gasteiger partial charge in [-0.25, -0.2) is 4.57 Å². The van der Waals surface area contributed by atoms with E-state index in [2.05, 4.69) is 83.9 Å². The van der Waals surface area contributed by atoms with Crippen molar-refractivity contribution < 1.29 is 24.5 Å². The molecular weight excluding hydrogens is 901 g/mol. The van der Waals surface area contributed by atoms with E-state index in [-0.39, 0.29) is 40.8 Å². The van der Waals surface area contributed by atoms with Gasteiger partial charge in [-0.15, -0.1) is 10.2 Å². The van der Waals surface area contributed by atoms with Gasteiger partial charge in [0.25, 0.3) is 5.91 Å². The number of H-pyrrole nitrogens is 2. The van der Waals surface area contributed by atoms with Crippen molar-refractivity contribution in [3.05, 3.63) is 108 Å². The largest absolute Gasteiger partial charge is 0.507 e. The standard InChI is InChI=1S/C51H56N16O4/c1-8-52-49(70)48-60-59-46(37-23-35-39(25-41(37)68)55-57-44(35)29(4)5)65(48)33-15-13-32(14-16-33)64-27-43(54-28-64)67-51(50(71)53-9-2)66(34-17-11-31(12-18-34)63-21-19-62(10-3)20-22-63)47(61-67)38-24-36-40(26-42(38)69)56-58-45(36)30(6)7/h11-18,23-30,53H,8-10,19-22H2,1-7H3,(H4,52,55,56,57,58,59,60,61,68,69,70,71)/p+1. The number of aromatic hydroxyl groups is 2. The maximum atomic E-state index is 14.5. The third-order valence-corrected chi connectivity index (χ3v) is 13.0. The number of likely N-dealkylation sites (N-methyl/N-ethyl adjacent to an activating group) is 1. The zero-order valence-corrected chi connectivity index (χ0v) is 40.8. The van der Waals surface area contributed by atoms with Crippen LogP contribution >= 0.6 is 0 Å². The SMILES string of the molecule is CCNC(=O)c1nnc(-c2cc3c(C(C)C)n[nH]c3cc2O)n1-c1ccc(-n2cnc(-[n+]3nc(-c4cc5c(C(C)C)n[nH]c5cc4O)n(-c4ccc(N5CCN(CC)CC5)cc4)c3C(=O)NCC)c2)cc1. The van der Waals surface area contributed by atoms with Gasteiger partial charge < -0.3 is 30.6 Å². The smallest absolute Gasteiger partial charge is 0.326 e. The van der Waals surface area contributed by atoms with E-state index in [1.54, 1.807) is 38.4 Å². The molecule has 2 amide bonds. The fraction of sp³-hybridized carbons (Fsp3) is 0.314. The Morgan fingerprint density at radius 2 is 1.21 bits per heavy atom. The number of nitrogens with zero attached hydrogens (tertiary/aromatic N) is 12. The molecule has 1 fully saturated rings. The number of aromatic amines is 2. The van der Waals surface area contributed by atoms with Gasteiger partial charge in [-0.2, -0.15) is 10.2 Å². The number of hydrogen-bond donors (Lipinski definition) is 6. The minimum Gasteiger partial charge on any atom is -0.507 e. The van der Waals surface area contributed by atoms with Crippen LogP contribution in [-0.2, 0) is 0 Å². The lowest BCUT2D eigenvalue weighted by atomic mass is 10.0. The second kappa shape index (κ2) is 18.8. The van der Waals surface area contributed by atoms with Crippen molar-refractivity contribution in [1.82, 2.24) is 69.9 Å². The second-order valence-electron chi connectivity index (χ2n) is 18.2. The van der Waals surface area contributed by atoms with E-state index in [4.69, 9.17) is 10.1 Å². The van der Waals surface area contributed by atoms with E-state index in [0.29, 0.717) is 64.0 Å². The number of rotatable bonds is 14. The van der Waals surface area contributed by atoms with Crippen LogP contribution in [0.15, 0.2) is 85.3 Å². The average Bonchev–Trinajstić information content (AvgIpc) is 4.23. The molecule has 6 heterocycles. The predicted octanol–water partition coefficient (Wildman–Crippen LogP) is 6.30. The summed E-state index contributed by atoms with van der Waals surface area (Å²) in [5.41, 5.74) is 6.80. The fourth-order valence-corrected chi connectivity index (χ4v) is 9.34. The predicted molar refractivity (Wildman–Crippen MR) is 269 cm³/mol. The van der Waals surface area contributed by atoms with E-state index in [1.807, 2.05) is 76.2 Å². The first-order chi connectivity index (χ1) is 34.4. The number of amides is 2. The number of carbonyl (C=O) groups excluding carboxylic acids is 2. The first-order valence-corrected chi connectivity index (χ1v) is 24.1. The number of anilines is 1. The first-order valence-electron chi connectivity index (χ1n) is 24.1. The molecule has 0 radical (unpaired) electrons. The minimum absolute atomic E-state index is 0.0406. The summed E-state index contributed by atoms with van der Waals surface area (Å²) in [4.78, 5) is 37.5. The molecule has 0 unspecified atom stereocenters. The van der Waals surface area contributed by atoms with Crippen molar-refractivity contribution in [1.29, 1.82) is 0 Å². The van der Waals surface area contributed by atoms with E-state index >= 15 is 0 Å². The quantitative estimate of drug-likeness (QED) is 0.0660. The van der Waals surface area contributed by atoms with Crippen LogP contribution in [0.2, 0.25) is 0 Å². The number of piperazine rings is 1. The van der Waals surface area contributed by atoms with Crippen molar-refractivity contribution in [2.75, 3.05) is 50.7 Å². The van der Waals surface area contributed by atoms with Gasteiger partial charge >= 0.3 is 17.5 Å². The van der Waals surface area contributed by atoms with Crippen molar-refractivity contribution in [3.8, 4) is 57.2 Å². The Bertz CT molecular complexity index is 3420. The van der Waals surface area contributed by atoms with E-state index in [1.165, 1.54) is 4.68 Å². The summed E-state index contributed by atoms with van der Waals surface area (Å²) in [5, 5.41) is 59.5. The molecule has 20 nitrogen and oxygen atoms in total. The number of carbonyl (C=O) groups is 2. The Morgan fingerprint density at radius 3 is 1.77 bits per heavy atom. The van der Waals surface area contributed by atoms with Gasteiger partial charge in [-0.1, -0.05) is 49.4 Å². The molecule has 0 saturated carbocycles. The number of nitrogens with one attached hydrogen (secondary N) is 4. The third kappa shape index (κ3) is 8.38. The Kier molecular flexibility index (Phi) is 12.3. The molecule has 364 valence electrons. The summed E-state index contributed by atoms with van der Waals surface area (Å²) >= 11 is 0. The number of hydrogen-bond acceptors (Lipinski definition) is 12. The summed E-state index contributed by atoms with van der Waals surface area (Å²) in [7, 11) is 0. The summed E-state index contributed by atoms with van der Waals surface area (Å²) in [6.07, 6.45) is 3.39. The monoisotopic (exact) mass is 957 g/mol. The van der Waals surface area contributed by atoms with E-state index in [9.17, 15) is 19.8 Å². The summed E-state index contributed by atoms with van der Waals surface area (Å²) < 4.78 is 6.68. The summed E-state index contributed by atoms with van der Waals surface area (Å²) in [5.74, 6) is 0.386. The van der Waals surface area contributed by atoms with Crippen LogP contribution in [0.3, 0.4) is 0 Å². The van der Waals surface area contributed by atoms with Crippen LogP contribution in [0.1, 0.15) is 92.9 Å². The van der Waals surface area contributed by atoms with Crippen LogP contribution in [0, 0.1) is 0 Å². The number of aromatic nitrogens is 12. The fourth-order valence-electron chi connectivity index (χ4n) is 9.34. The number of phenolic OH excluding ortho intramolecular Hbond substituents is 2. The second-order valence-corrected chi connectivity index (χ2v) is 18.2. The zero-order chi connectivity index (χ0) is 49.7. The lowest BCUT2D eigenvalue weighted by Gasteiger charge is -2.35. The Labute approximate surface area is 409 Å². The summed E-state index contributed by atoms with van der Waals surface area (Å²) in [6.45, 7) is 19.6. The molecule has 0 spiro atoms. The minimum atomic E-state index is -0.431. The number of fused-ring (bicyclic) bond motifs is 2. The van der Waals surface area contributed by atoms with Crippen LogP contribution in [0.4, 0.5) is 5.69 Å². The number of benzene rings is 4. The van der Waals surface area contributed by atoms with E-state index in [0.717, 1.165) is 60.6 Å². The van der Waals surface area contributed by atoms with Crippen molar-refractivity contribution in [2.24, 2.45) is 0 Å². The number of imidazole rings is 1. The lowest BCUT2D eigenvalue weighted by Crippen LogP contribution is -2.46. The zero-order valence-electron chi connectivity index (χ0n) is 40.8. The maximum Gasteiger partial charge on any atom is 0.326 e. The molecule has 0 bridgehead atoms. The number of phenols is 2. The molecule has 10 rings (SSSR count). The molecule has 9 aromatic rings. The molecule has 5 aromatic heterocycles. The third-order valence-electron chi connectivity index (χ3n) is 13.0. The molecule has 0 aliphatic carbocycles. The molecule has 1 aliphatic rings. The Morgan fingerprint density at radius 1 is 0.676 bits per heavy atom. The van der Waals surface area contributed by atoms with Gasteiger partial charge in [0, 0.05) is 79.2 Å². The topological polar surface area (TPSA) is 233 Å². The van der Waals surface area contributed by atoms with Gasteiger partial charge in [-0.05, 0) is 92.9 Å². The van der Waals surface area contributed by atoms with Crippen molar-refractivity contribution in [3.63, 3.8) is 0 Å². The Balaban J connectivity index is 1.07. The molecular formula is C51H57N16O4+. The van der Waals surface area contributed by atoms with Gasteiger partial charge in [0.1, 0.15) is 17.2 Å². The molecule has 4 aromatic carbocycles. The van der Waals surface area contributed by atoms with Crippen LogP contribution < -0.4 is 20.2 Å². The normalized spacial score (nSPS) is 13.3. The van der Waals surface area contributed by atoms with Gasteiger partial charge in [0.05, 0.1) is 39.7 Å². The lowest BCUT2D eigenvalue weighted by molar-refractivity contribution is -0.662.